The summed E-state index contributed by atoms with van der Waals surface area (Å²) in [6, 6.07) is 42.2. The molecule has 186 valence electrons. The van der Waals surface area contributed by atoms with Crippen LogP contribution in [0.4, 0.5) is 0 Å². The van der Waals surface area contributed by atoms with E-state index in [1.54, 1.807) is 12.4 Å². The van der Waals surface area contributed by atoms with Gasteiger partial charge in [-0.1, -0.05) is 72.8 Å². The second-order valence-electron chi connectivity index (χ2n) is 9.99. The van der Waals surface area contributed by atoms with Crippen LogP contribution in [0, 0.1) is 11.3 Å². The van der Waals surface area contributed by atoms with Crippen LogP contribution in [0.5, 0.6) is 0 Å². The number of pyridine rings is 1. The van der Waals surface area contributed by atoms with E-state index >= 15 is 0 Å². The molecule has 3 heterocycles. The van der Waals surface area contributed by atoms with Gasteiger partial charge in [0.15, 0.2) is 0 Å². The molecule has 0 N–H and O–H groups in total. The van der Waals surface area contributed by atoms with Gasteiger partial charge < -0.3 is 8.98 Å². The summed E-state index contributed by atoms with van der Waals surface area (Å²) in [4.78, 5) is 4.20. The van der Waals surface area contributed by atoms with Gasteiger partial charge in [0.25, 0.3) is 0 Å². The van der Waals surface area contributed by atoms with Gasteiger partial charge in [-0.25, -0.2) is 0 Å². The zero-order valence-corrected chi connectivity index (χ0v) is 21.4. The first-order valence-electron chi connectivity index (χ1n) is 13.2. The van der Waals surface area contributed by atoms with Crippen LogP contribution in [0.25, 0.3) is 71.7 Å². The number of nitrogens with zero attached hydrogens (tertiary/aromatic N) is 3. The average Bonchev–Trinajstić information content (AvgIpc) is 3.57. The van der Waals surface area contributed by atoms with E-state index in [9.17, 15) is 5.26 Å². The number of hydrogen-bond acceptors (Lipinski definition) is 3. The molecule has 0 atom stereocenters. The van der Waals surface area contributed by atoms with Crippen LogP contribution in [-0.4, -0.2) is 9.55 Å². The van der Waals surface area contributed by atoms with Crippen molar-refractivity contribution in [2.75, 3.05) is 0 Å². The third-order valence-corrected chi connectivity index (χ3v) is 7.70. The Morgan fingerprint density at radius 1 is 0.600 bits per heavy atom. The van der Waals surface area contributed by atoms with Crippen LogP contribution in [0.2, 0.25) is 0 Å². The molecule has 0 fully saturated rings. The van der Waals surface area contributed by atoms with Crippen molar-refractivity contribution in [1.82, 2.24) is 9.55 Å². The number of nitriles is 1. The van der Waals surface area contributed by atoms with Crippen LogP contribution < -0.4 is 0 Å². The van der Waals surface area contributed by atoms with Crippen molar-refractivity contribution >= 4 is 43.7 Å². The molecule has 8 rings (SSSR count). The number of benzene rings is 5. The fourth-order valence-corrected chi connectivity index (χ4v) is 5.85. The molecule has 8 aromatic rings. The van der Waals surface area contributed by atoms with E-state index in [1.807, 2.05) is 18.2 Å². The molecule has 0 saturated heterocycles. The average molecular weight is 512 g/mol. The first kappa shape index (κ1) is 22.3. The van der Waals surface area contributed by atoms with Gasteiger partial charge in [0.2, 0.25) is 0 Å². The molecular weight excluding hydrogens is 490 g/mol. The Kier molecular flexibility index (Phi) is 4.85. The summed E-state index contributed by atoms with van der Waals surface area (Å²) in [6.07, 6.45) is 3.37. The van der Waals surface area contributed by atoms with E-state index in [-0.39, 0.29) is 0 Å². The number of hydrogen-bond donors (Lipinski definition) is 0. The van der Waals surface area contributed by atoms with E-state index in [4.69, 9.17) is 4.42 Å². The molecule has 0 saturated carbocycles. The monoisotopic (exact) mass is 511 g/mol. The second-order valence-corrected chi connectivity index (χ2v) is 9.99. The third-order valence-electron chi connectivity index (χ3n) is 7.70. The maximum atomic E-state index is 9.23. The molecular formula is C36H21N3O. The van der Waals surface area contributed by atoms with E-state index in [2.05, 4.69) is 113 Å². The second kappa shape index (κ2) is 8.69. The first-order valence-corrected chi connectivity index (χ1v) is 13.2. The van der Waals surface area contributed by atoms with E-state index in [1.165, 1.54) is 5.39 Å². The highest BCUT2D eigenvalue weighted by Crippen LogP contribution is 2.40. The SMILES string of the molecule is N#Cc1cncc(-c2ccc(-c3cccc(-n4c5ccccc5c5c6oc7ccccc7c6ccc54)c3)cc2)c1. The molecule has 0 amide bonds. The zero-order valence-electron chi connectivity index (χ0n) is 21.4. The number of furan rings is 1. The molecule has 0 unspecified atom stereocenters. The Bertz CT molecular complexity index is 2280. The fraction of sp³-hybridized carbons (Fsp3) is 0. The lowest BCUT2D eigenvalue weighted by Gasteiger charge is -2.11. The Balaban J connectivity index is 1.29. The Morgan fingerprint density at radius 3 is 2.23 bits per heavy atom. The standard InChI is InChI=1S/C36H21N3O/c37-20-23-18-27(22-38-21-23)25-14-12-24(13-15-25)26-6-5-7-28(19-26)39-32-10-3-1-9-31(32)35-33(39)17-16-30-29-8-2-4-11-34(29)40-36(30)35/h1-19,21-22H. The van der Waals surface area contributed by atoms with Gasteiger partial charge in [-0.2, -0.15) is 5.26 Å². The molecule has 0 aliphatic carbocycles. The number of para-hydroxylation sites is 2. The smallest absolute Gasteiger partial charge is 0.145 e. The molecule has 3 aromatic heterocycles. The molecule has 0 bridgehead atoms. The van der Waals surface area contributed by atoms with Crippen LogP contribution >= 0.6 is 0 Å². The quantitative estimate of drug-likeness (QED) is 0.237. The Hall–Kier alpha value is -5.66. The lowest BCUT2D eigenvalue weighted by atomic mass is 10.0. The van der Waals surface area contributed by atoms with Crippen molar-refractivity contribution in [3.8, 4) is 34.0 Å². The lowest BCUT2D eigenvalue weighted by molar-refractivity contribution is 0.673. The first-order chi connectivity index (χ1) is 19.8. The van der Waals surface area contributed by atoms with Crippen LogP contribution in [0.1, 0.15) is 5.56 Å². The van der Waals surface area contributed by atoms with E-state index < -0.39 is 0 Å². The predicted molar refractivity (Wildman–Crippen MR) is 161 cm³/mol. The highest BCUT2D eigenvalue weighted by molar-refractivity contribution is 6.23. The molecule has 5 aromatic carbocycles. The molecule has 0 radical (unpaired) electrons. The Labute approximate surface area is 230 Å². The van der Waals surface area contributed by atoms with Crippen molar-refractivity contribution in [3.63, 3.8) is 0 Å². The number of rotatable bonds is 3. The maximum absolute atomic E-state index is 9.23. The van der Waals surface area contributed by atoms with Crippen LogP contribution in [-0.2, 0) is 0 Å². The minimum absolute atomic E-state index is 0.556. The third kappa shape index (κ3) is 3.35. The summed E-state index contributed by atoms with van der Waals surface area (Å²) >= 11 is 0. The fourth-order valence-electron chi connectivity index (χ4n) is 5.85. The zero-order chi connectivity index (χ0) is 26.6. The summed E-state index contributed by atoms with van der Waals surface area (Å²) in [7, 11) is 0. The summed E-state index contributed by atoms with van der Waals surface area (Å²) in [5.74, 6) is 0. The number of fused-ring (bicyclic) bond motifs is 7. The molecule has 4 nitrogen and oxygen atoms in total. The summed E-state index contributed by atoms with van der Waals surface area (Å²) < 4.78 is 8.77. The highest BCUT2D eigenvalue weighted by atomic mass is 16.3. The minimum atomic E-state index is 0.556. The Morgan fingerprint density at radius 2 is 1.38 bits per heavy atom. The van der Waals surface area contributed by atoms with Crippen LogP contribution in [0.3, 0.4) is 0 Å². The van der Waals surface area contributed by atoms with Gasteiger partial charge in [-0.15, -0.1) is 0 Å². The van der Waals surface area contributed by atoms with Crippen molar-refractivity contribution in [2.45, 2.75) is 0 Å². The van der Waals surface area contributed by atoms with Crippen molar-refractivity contribution in [2.24, 2.45) is 0 Å². The van der Waals surface area contributed by atoms with Crippen molar-refractivity contribution in [3.05, 3.63) is 133 Å². The van der Waals surface area contributed by atoms with Crippen LogP contribution in [0.15, 0.2) is 132 Å². The molecule has 40 heavy (non-hydrogen) atoms. The van der Waals surface area contributed by atoms with E-state index in [0.717, 1.165) is 66.3 Å². The van der Waals surface area contributed by atoms with Gasteiger partial charge in [-0.05, 0) is 59.2 Å². The van der Waals surface area contributed by atoms with Gasteiger partial charge in [-0.3, -0.25) is 4.98 Å². The summed E-state index contributed by atoms with van der Waals surface area (Å²) in [6.45, 7) is 0. The summed E-state index contributed by atoms with van der Waals surface area (Å²) in [5, 5.41) is 13.8. The van der Waals surface area contributed by atoms with Crippen molar-refractivity contribution in [1.29, 1.82) is 5.26 Å². The number of aromatic nitrogens is 2. The molecule has 0 spiro atoms. The van der Waals surface area contributed by atoms with Gasteiger partial charge in [0, 0.05) is 39.8 Å². The summed E-state index contributed by atoms with van der Waals surface area (Å²) in [5.41, 5.74) is 9.95. The molecule has 4 heteroatoms. The van der Waals surface area contributed by atoms with Crippen molar-refractivity contribution < 1.29 is 4.42 Å². The highest BCUT2D eigenvalue weighted by Gasteiger charge is 2.18. The van der Waals surface area contributed by atoms with E-state index in [0.29, 0.717) is 5.56 Å². The lowest BCUT2D eigenvalue weighted by Crippen LogP contribution is -1.94. The predicted octanol–water partition coefficient (Wildman–Crippen LogP) is 9.28. The maximum Gasteiger partial charge on any atom is 0.145 e. The van der Waals surface area contributed by atoms with Gasteiger partial charge in [0.05, 0.1) is 22.0 Å². The van der Waals surface area contributed by atoms with Gasteiger partial charge in [0.1, 0.15) is 17.2 Å². The molecule has 0 aliphatic rings. The normalized spacial score (nSPS) is 11.5. The minimum Gasteiger partial charge on any atom is -0.455 e. The molecule has 0 aliphatic heterocycles. The largest absolute Gasteiger partial charge is 0.455 e. The topological polar surface area (TPSA) is 54.8 Å². The van der Waals surface area contributed by atoms with Gasteiger partial charge >= 0.3 is 0 Å².